The van der Waals surface area contributed by atoms with Gasteiger partial charge in [0, 0.05) is 28.6 Å². The average molecular weight is 399 g/mol. The van der Waals surface area contributed by atoms with Crippen LogP contribution >= 0.6 is 11.8 Å². The summed E-state index contributed by atoms with van der Waals surface area (Å²) in [6.45, 7) is 3.55. The number of carbonyl (C=O) groups excluding carboxylic acids is 2. The molecule has 1 fully saturated rings. The summed E-state index contributed by atoms with van der Waals surface area (Å²) in [5, 5.41) is 16.2. The molecule has 0 saturated heterocycles. The summed E-state index contributed by atoms with van der Waals surface area (Å²) >= 11 is 1.36. The zero-order chi connectivity index (χ0) is 20.3. The van der Waals surface area contributed by atoms with E-state index in [1.807, 2.05) is 24.3 Å². The zero-order valence-electron chi connectivity index (χ0n) is 15.6. The third kappa shape index (κ3) is 5.10. The Labute approximate surface area is 167 Å². The van der Waals surface area contributed by atoms with Crippen LogP contribution in [0, 0.1) is 23.0 Å². The number of nitrogens with one attached hydrogen (secondary N) is 2. The second-order valence-electron chi connectivity index (χ2n) is 6.80. The highest BCUT2D eigenvalue weighted by Gasteiger charge is 2.29. The summed E-state index contributed by atoms with van der Waals surface area (Å²) in [4.78, 5) is 35.7. The number of benzene rings is 2. The molecular weight excluding hydrogens is 378 g/mol. The number of anilines is 2. The van der Waals surface area contributed by atoms with Crippen LogP contribution in [0.5, 0.6) is 0 Å². The maximum atomic E-state index is 12.5. The van der Waals surface area contributed by atoms with Crippen LogP contribution in [0.1, 0.15) is 25.3 Å². The fraction of sp³-hybridized carbons (Fsp3) is 0.300. The number of nitro groups is 1. The van der Waals surface area contributed by atoms with Gasteiger partial charge in [-0.1, -0.05) is 12.1 Å². The number of aryl methyl sites for hydroxylation is 1. The minimum Gasteiger partial charge on any atom is -0.326 e. The second-order valence-corrected chi connectivity index (χ2v) is 8.21. The summed E-state index contributed by atoms with van der Waals surface area (Å²) in [7, 11) is 0. The summed E-state index contributed by atoms with van der Waals surface area (Å²) in [6, 6.07) is 11.7. The van der Waals surface area contributed by atoms with Gasteiger partial charge in [-0.05, 0) is 50.5 Å². The van der Waals surface area contributed by atoms with Crippen molar-refractivity contribution in [1.29, 1.82) is 0 Å². The normalized spacial score (nSPS) is 14.2. The molecule has 2 N–H and O–H groups in total. The maximum absolute atomic E-state index is 12.5. The molecule has 0 bridgehead atoms. The van der Waals surface area contributed by atoms with Crippen molar-refractivity contribution in [3.63, 3.8) is 0 Å². The van der Waals surface area contributed by atoms with Gasteiger partial charge in [0.15, 0.2) is 0 Å². The highest BCUT2D eigenvalue weighted by Crippen LogP contribution is 2.31. The first-order valence-electron chi connectivity index (χ1n) is 8.97. The molecule has 0 aliphatic heterocycles. The third-order valence-corrected chi connectivity index (χ3v) is 5.52. The molecule has 0 aromatic heterocycles. The van der Waals surface area contributed by atoms with Gasteiger partial charge >= 0.3 is 0 Å². The van der Waals surface area contributed by atoms with Crippen LogP contribution in [-0.2, 0) is 9.59 Å². The lowest BCUT2D eigenvalue weighted by molar-refractivity contribution is -0.384. The maximum Gasteiger partial charge on any atom is 0.271 e. The lowest BCUT2D eigenvalue weighted by Gasteiger charge is -2.14. The fourth-order valence-corrected chi connectivity index (χ4v) is 3.51. The van der Waals surface area contributed by atoms with E-state index in [1.165, 1.54) is 23.9 Å². The molecule has 1 aliphatic rings. The lowest BCUT2D eigenvalue weighted by Crippen LogP contribution is -2.23. The van der Waals surface area contributed by atoms with Crippen LogP contribution < -0.4 is 10.6 Å². The van der Waals surface area contributed by atoms with E-state index < -0.39 is 10.2 Å². The first kappa shape index (κ1) is 19.9. The van der Waals surface area contributed by atoms with Crippen LogP contribution in [0.2, 0.25) is 0 Å². The quantitative estimate of drug-likeness (QED) is 0.409. The van der Waals surface area contributed by atoms with Gasteiger partial charge in [0.05, 0.1) is 15.9 Å². The standard InChI is InChI=1S/C20H21N3O4S/c1-12-6-9-16(23(26)27)11-18(12)22-19(24)13(2)28-17-5-3-4-15(10-17)21-20(25)14-7-8-14/h3-6,9-11,13-14H,7-8H2,1-2H3,(H,21,25)(H,22,24). The topological polar surface area (TPSA) is 101 Å². The van der Waals surface area contributed by atoms with E-state index in [0.29, 0.717) is 11.4 Å². The smallest absolute Gasteiger partial charge is 0.271 e. The Morgan fingerprint density at radius 1 is 1.18 bits per heavy atom. The van der Waals surface area contributed by atoms with Gasteiger partial charge in [-0.2, -0.15) is 0 Å². The summed E-state index contributed by atoms with van der Waals surface area (Å²) in [5.41, 5.74) is 1.82. The van der Waals surface area contributed by atoms with Crippen molar-refractivity contribution in [2.45, 2.75) is 36.8 Å². The van der Waals surface area contributed by atoms with E-state index in [9.17, 15) is 19.7 Å². The van der Waals surface area contributed by atoms with E-state index in [1.54, 1.807) is 19.9 Å². The van der Waals surface area contributed by atoms with Crippen LogP contribution in [-0.4, -0.2) is 22.0 Å². The van der Waals surface area contributed by atoms with Gasteiger partial charge in [-0.15, -0.1) is 11.8 Å². The summed E-state index contributed by atoms with van der Waals surface area (Å²) < 4.78 is 0. The van der Waals surface area contributed by atoms with Gasteiger partial charge in [-0.25, -0.2) is 0 Å². The molecule has 8 heteroatoms. The molecule has 3 rings (SSSR count). The number of hydrogen-bond acceptors (Lipinski definition) is 5. The fourth-order valence-electron chi connectivity index (χ4n) is 2.59. The number of thioether (sulfide) groups is 1. The number of hydrogen-bond donors (Lipinski definition) is 2. The molecule has 0 spiro atoms. The Hall–Kier alpha value is -2.87. The SMILES string of the molecule is Cc1ccc([N+](=O)[O-])cc1NC(=O)C(C)Sc1cccc(NC(=O)C2CC2)c1. The number of amides is 2. The van der Waals surface area contributed by atoms with Gasteiger partial charge in [0.25, 0.3) is 5.69 Å². The molecule has 1 atom stereocenters. The molecule has 0 heterocycles. The molecule has 1 unspecified atom stereocenters. The van der Waals surface area contributed by atoms with Crippen molar-refractivity contribution >= 4 is 40.6 Å². The number of carbonyl (C=O) groups is 2. The predicted molar refractivity (Wildman–Crippen MR) is 110 cm³/mol. The molecule has 1 aliphatic carbocycles. The van der Waals surface area contributed by atoms with Gasteiger partial charge in [0.1, 0.15) is 0 Å². The van der Waals surface area contributed by atoms with Crippen molar-refractivity contribution in [2.24, 2.45) is 5.92 Å². The Morgan fingerprint density at radius 3 is 2.61 bits per heavy atom. The third-order valence-electron chi connectivity index (χ3n) is 4.42. The van der Waals surface area contributed by atoms with E-state index in [4.69, 9.17) is 0 Å². The monoisotopic (exact) mass is 399 g/mol. The molecule has 1 saturated carbocycles. The predicted octanol–water partition coefficient (Wildman–Crippen LogP) is 4.37. The van der Waals surface area contributed by atoms with Crippen molar-refractivity contribution in [1.82, 2.24) is 0 Å². The highest BCUT2D eigenvalue weighted by atomic mass is 32.2. The van der Waals surface area contributed by atoms with Crippen LogP contribution in [0.15, 0.2) is 47.4 Å². The molecule has 2 aromatic rings. The number of rotatable bonds is 7. The Kier molecular flexibility index (Phi) is 5.99. The zero-order valence-corrected chi connectivity index (χ0v) is 16.4. The first-order chi connectivity index (χ1) is 13.3. The van der Waals surface area contributed by atoms with Crippen molar-refractivity contribution in [2.75, 3.05) is 10.6 Å². The van der Waals surface area contributed by atoms with Crippen LogP contribution in [0.4, 0.5) is 17.1 Å². The van der Waals surface area contributed by atoms with Gasteiger partial charge in [-0.3, -0.25) is 19.7 Å². The molecule has 146 valence electrons. The largest absolute Gasteiger partial charge is 0.326 e. The average Bonchev–Trinajstić information content (AvgIpc) is 3.48. The molecule has 2 aromatic carbocycles. The summed E-state index contributed by atoms with van der Waals surface area (Å²) in [5.74, 6) is -0.0886. The molecule has 7 nitrogen and oxygen atoms in total. The Morgan fingerprint density at radius 2 is 1.93 bits per heavy atom. The van der Waals surface area contributed by atoms with Crippen LogP contribution in [0.3, 0.4) is 0 Å². The molecule has 2 amide bonds. The van der Waals surface area contributed by atoms with Crippen molar-refractivity contribution in [3.8, 4) is 0 Å². The van der Waals surface area contributed by atoms with Gasteiger partial charge in [0.2, 0.25) is 11.8 Å². The molecular formula is C20H21N3O4S. The highest BCUT2D eigenvalue weighted by molar-refractivity contribution is 8.00. The number of non-ortho nitro benzene ring substituents is 1. The Balaban J connectivity index is 1.63. The second kappa shape index (κ2) is 8.43. The minimum atomic E-state index is -0.491. The van der Waals surface area contributed by atoms with Crippen molar-refractivity contribution in [3.05, 3.63) is 58.1 Å². The lowest BCUT2D eigenvalue weighted by atomic mass is 10.2. The van der Waals surface area contributed by atoms with Gasteiger partial charge < -0.3 is 10.6 Å². The minimum absolute atomic E-state index is 0.0362. The first-order valence-corrected chi connectivity index (χ1v) is 9.85. The van der Waals surface area contributed by atoms with E-state index in [0.717, 1.165) is 23.3 Å². The van der Waals surface area contributed by atoms with Crippen molar-refractivity contribution < 1.29 is 14.5 Å². The summed E-state index contributed by atoms with van der Waals surface area (Å²) in [6.07, 6.45) is 1.88. The number of nitrogens with zero attached hydrogens (tertiary/aromatic N) is 1. The molecule has 28 heavy (non-hydrogen) atoms. The van der Waals surface area contributed by atoms with E-state index in [-0.39, 0.29) is 23.4 Å². The Bertz CT molecular complexity index is 927. The van der Waals surface area contributed by atoms with E-state index in [2.05, 4.69) is 10.6 Å². The van der Waals surface area contributed by atoms with E-state index >= 15 is 0 Å². The molecule has 0 radical (unpaired) electrons. The number of nitro benzene ring substituents is 1. The van der Waals surface area contributed by atoms with Crippen LogP contribution in [0.25, 0.3) is 0 Å².